The number of hydrogen-bond donors (Lipinski definition) is 0. The summed E-state index contributed by atoms with van der Waals surface area (Å²) in [4.78, 5) is 39.5. The summed E-state index contributed by atoms with van der Waals surface area (Å²) in [5.74, 6) is 0.346. The molecular formula is C26H33N5O3S. The fraction of sp³-hybridized carbons (Fsp3) is 0.462. The van der Waals surface area contributed by atoms with Crippen molar-refractivity contribution >= 4 is 34.5 Å². The molecule has 186 valence electrons. The van der Waals surface area contributed by atoms with Gasteiger partial charge >= 0.3 is 5.97 Å². The fourth-order valence-corrected chi connectivity index (χ4v) is 5.30. The number of hydrogen-bond acceptors (Lipinski definition) is 8. The van der Waals surface area contributed by atoms with Crippen LogP contribution < -0.4 is 10.5 Å². The monoisotopic (exact) mass is 495 g/mol. The van der Waals surface area contributed by atoms with Gasteiger partial charge in [-0.2, -0.15) is 0 Å². The Morgan fingerprint density at radius 3 is 2.54 bits per heavy atom. The number of esters is 1. The number of ether oxygens (including phenoxy) is 1. The van der Waals surface area contributed by atoms with Crippen molar-refractivity contribution in [1.82, 2.24) is 19.4 Å². The van der Waals surface area contributed by atoms with E-state index in [4.69, 9.17) is 4.74 Å². The largest absolute Gasteiger partial charge is 0.462 e. The molecule has 1 aliphatic rings. The first-order chi connectivity index (χ1) is 17.0. The maximum atomic E-state index is 13.1. The van der Waals surface area contributed by atoms with Gasteiger partial charge in [-0.05, 0) is 51.4 Å². The molecule has 1 fully saturated rings. The topological polar surface area (TPSA) is 80.6 Å². The summed E-state index contributed by atoms with van der Waals surface area (Å²) in [7, 11) is 1.69. The lowest BCUT2D eigenvalue weighted by molar-refractivity contribution is 0.0528. The van der Waals surface area contributed by atoms with Gasteiger partial charge in [0.1, 0.15) is 0 Å². The lowest BCUT2D eigenvalue weighted by atomic mass is 10.1. The van der Waals surface area contributed by atoms with E-state index in [1.807, 2.05) is 0 Å². The first-order valence-electron chi connectivity index (χ1n) is 12.2. The molecule has 0 atom stereocenters. The summed E-state index contributed by atoms with van der Waals surface area (Å²) in [6.07, 6.45) is 2.14. The van der Waals surface area contributed by atoms with Crippen LogP contribution in [0.2, 0.25) is 0 Å². The average Bonchev–Trinajstić information content (AvgIpc) is 2.87. The molecule has 3 aromatic rings. The summed E-state index contributed by atoms with van der Waals surface area (Å²) < 4.78 is 6.64. The van der Waals surface area contributed by atoms with Gasteiger partial charge in [0, 0.05) is 50.4 Å². The number of aryl methyl sites for hydroxylation is 1. The summed E-state index contributed by atoms with van der Waals surface area (Å²) in [6, 6.07) is 12.2. The van der Waals surface area contributed by atoms with Gasteiger partial charge in [-0.15, -0.1) is 0 Å². The van der Waals surface area contributed by atoms with Crippen molar-refractivity contribution in [3.05, 3.63) is 58.0 Å². The molecule has 0 saturated carbocycles. The van der Waals surface area contributed by atoms with Crippen molar-refractivity contribution in [3.63, 3.8) is 0 Å². The van der Waals surface area contributed by atoms with Gasteiger partial charge in [0.2, 0.25) is 0 Å². The third kappa shape index (κ3) is 6.02. The Morgan fingerprint density at radius 2 is 1.83 bits per heavy atom. The van der Waals surface area contributed by atoms with Crippen LogP contribution in [0.15, 0.2) is 46.3 Å². The zero-order valence-corrected chi connectivity index (χ0v) is 21.5. The summed E-state index contributed by atoms with van der Waals surface area (Å²) in [6.45, 7) is 9.12. The number of carbonyl (C=O) groups excluding carboxylic acids is 1. The van der Waals surface area contributed by atoms with E-state index in [0.717, 1.165) is 51.3 Å². The minimum Gasteiger partial charge on any atom is -0.462 e. The zero-order valence-electron chi connectivity index (χ0n) is 20.7. The number of anilines is 1. The summed E-state index contributed by atoms with van der Waals surface area (Å²) in [5.41, 5.74) is 2.19. The molecule has 0 aliphatic carbocycles. The third-order valence-electron chi connectivity index (χ3n) is 6.22. The molecule has 9 heteroatoms. The van der Waals surface area contributed by atoms with Crippen LogP contribution in [0.25, 0.3) is 11.0 Å². The SMILES string of the molecule is CCOC(=O)c1cc(C)nc2nc(SCCCCN3CCN(c4ccccc4)CC3)n(C)c(=O)c12. The lowest BCUT2D eigenvalue weighted by Crippen LogP contribution is -2.46. The number of fused-ring (bicyclic) bond motifs is 1. The molecule has 2 aromatic heterocycles. The molecule has 3 heterocycles. The van der Waals surface area contributed by atoms with E-state index in [2.05, 4.69) is 50.1 Å². The smallest absolute Gasteiger partial charge is 0.339 e. The molecule has 8 nitrogen and oxygen atoms in total. The molecule has 1 aliphatic heterocycles. The van der Waals surface area contributed by atoms with E-state index >= 15 is 0 Å². The number of pyridine rings is 1. The molecule has 4 rings (SSSR count). The van der Waals surface area contributed by atoms with Crippen molar-refractivity contribution in [2.45, 2.75) is 31.8 Å². The molecule has 0 unspecified atom stereocenters. The number of benzene rings is 1. The molecule has 0 spiro atoms. The Balaban J connectivity index is 1.31. The normalized spacial score (nSPS) is 14.4. The number of rotatable bonds is 9. The maximum absolute atomic E-state index is 13.1. The van der Waals surface area contributed by atoms with Crippen LogP contribution in [0.1, 0.15) is 35.8 Å². The fourth-order valence-electron chi connectivity index (χ4n) is 4.34. The van der Waals surface area contributed by atoms with Crippen LogP contribution in [0.4, 0.5) is 5.69 Å². The predicted molar refractivity (Wildman–Crippen MR) is 141 cm³/mol. The van der Waals surface area contributed by atoms with Gasteiger partial charge in [0.15, 0.2) is 10.8 Å². The number of carbonyl (C=O) groups is 1. The highest BCUT2D eigenvalue weighted by molar-refractivity contribution is 7.99. The van der Waals surface area contributed by atoms with Crippen LogP contribution in [0.5, 0.6) is 0 Å². The highest BCUT2D eigenvalue weighted by Gasteiger charge is 2.20. The van der Waals surface area contributed by atoms with E-state index in [1.165, 1.54) is 10.3 Å². The summed E-state index contributed by atoms with van der Waals surface area (Å²) >= 11 is 1.56. The Kier molecular flexibility index (Phi) is 8.41. The number of aromatic nitrogens is 3. The van der Waals surface area contributed by atoms with Gasteiger partial charge in [-0.25, -0.2) is 14.8 Å². The first-order valence-corrected chi connectivity index (χ1v) is 13.2. The number of para-hydroxylation sites is 1. The van der Waals surface area contributed by atoms with Crippen molar-refractivity contribution in [3.8, 4) is 0 Å². The van der Waals surface area contributed by atoms with Crippen LogP contribution in [-0.4, -0.2) is 70.5 Å². The van der Waals surface area contributed by atoms with Gasteiger partial charge in [-0.3, -0.25) is 14.3 Å². The average molecular weight is 496 g/mol. The summed E-state index contributed by atoms with van der Waals surface area (Å²) in [5, 5.41) is 0.836. The molecule has 1 aromatic carbocycles. The van der Waals surface area contributed by atoms with Crippen molar-refractivity contribution in [2.75, 3.05) is 50.0 Å². The highest BCUT2D eigenvalue weighted by Crippen LogP contribution is 2.21. The van der Waals surface area contributed by atoms with E-state index < -0.39 is 5.97 Å². The molecule has 0 N–H and O–H groups in total. The second kappa shape index (κ2) is 11.7. The standard InChI is InChI=1S/C26H33N5O3S/c1-4-34-25(33)21-18-19(2)27-23-22(21)24(32)29(3)26(28-23)35-17-9-8-12-30-13-15-31(16-14-30)20-10-6-5-7-11-20/h5-7,10-11,18H,4,8-9,12-17H2,1-3H3. The van der Waals surface area contributed by atoms with Crippen LogP contribution in [0.3, 0.4) is 0 Å². The zero-order chi connectivity index (χ0) is 24.8. The Hall–Kier alpha value is -2.91. The van der Waals surface area contributed by atoms with Gasteiger partial charge < -0.3 is 9.64 Å². The Morgan fingerprint density at radius 1 is 1.09 bits per heavy atom. The molecule has 0 amide bonds. The van der Waals surface area contributed by atoms with Crippen molar-refractivity contribution in [1.29, 1.82) is 0 Å². The molecule has 0 bridgehead atoms. The number of unbranched alkanes of at least 4 members (excludes halogenated alkanes) is 1. The second-order valence-electron chi connectivity index (χ2n) is 8.71. The number of nitrogens with zero attached hydrogens (tertiary/aromatic N) is 5. The molecule has 1 saturated heterocycles. The number of thioether (sulfide) groups is 1. The first kappa shape index (κ1) is 25.2. The van der Waals surface area contributed by atoms with E-state index in [-0.39, 0.29) is 23.1 Å². The predicted octanol–water partition coefficient (Wildman–Crippen LogP) is 3.51. The second-order valence-corrected chi connectivity index (χ2v) is 9.77. The Labute approximate surface area is 210 Å². The van der Waals surface area contributed by atoms with E-state index in [1.54, 1.807) is 38.7 Å². The van der Waals surface area contributed by atoms with Crippen LogP contribution in [0, 0.1) is 6.92 Å². The maximum Gasteiger partial charge on any atom is 0.339 e. The van der Waals surface area contributed by atoms with Crippen molar-refractivity contribution in [2.24, 2.45) is 7.05 Å². The van der Waals surface area contributed by atoms with Gasteiger partial charge in [0.05, 0.1) is 17.6 Å². The van der Waals surface area contributed by atoms with Crippen LogP contribution >= 0.6 is 11.8 Å². The highest BCUT2D eigenvalue weighted by atomic mass is 32.2. The molecule has 35 heavy (non-hydrogen) atoms. The quantitative estimate of drug-likeness (QED) is 0.193. The third-order valence-corrected chi connectivity index (χ3v) is 7.34. The van der Waals surface area contributed by atoms with E-state index in [0.29, 0.717) is 16.5 Å². The van der Waals surface area contributed by atoms with Gasteiger partial charge in [-0.1, -0.05) is 30.0 Å². The van der Waals surface area contributed by atoms with E-state index in [9.17, 15) is 9.59 Å². The lowest BCUT2D eigenvalue weighted by Gasteiger charge is -2.36. The molecular weight excluding hydrogens is 462 g/mol. The minimum atomic E-state index is -0.521. The van der Waals surface area contributed by atoms with Crippen molar-refractivity contribution < 1.29 is 9.53 Å². The number of piperazine rings is 1. The van der Waals surface area contributed by atoms with Crippen LogP contribution in [-0.2, 0) is 11.8 Å². The Bertz CT molecular complexity index is 1220. The minimum absolute atomic E-state index is 0.218. The molecule has 0 radical (unpaired) electrons. The van der Waals surface area contributed by atoms with Gasteiger partial charge in [0.25, 0.3) is 5.56 Å².